The van der Waals surface area contributed by atoms with Gasteiger partial charge in [-0.15, -0.1) is 0 Å². The van der Waals surface area contributed by atoms with E-state index in [4.69, 9.17) is 0 Å². The SMILES string of the molecule is CCCCNc1ccc(NC(=O)C2CCCCC2)nc1. The van der Waals surface area contributed by atoms with Crippen molar-refractivity contribution in [2.45, 2.75) is 51.9 Å². The molecule has 0 bridgehead atoms. The van der Waals surface area contributed by atoms with Crippen LogP contribution in [0.4, 0.5) is 11.5 Å². The molecule has 1 aliphatic rings. The summed E-state index contributed by atoms with van der Waals surface area (Å²) in [6, 6.07) is 3.84. The highest BCUT2D eigenvalue weighted by molar-refractivity contribution is 5.91. The first-order valence-electron chi connectivity index (χ1n) is 7.80. The van der Waals surface area contributed by atoms with Gasteiger partial charge in [0.05, 0.1) is 11.9 Å². The third-order valence-electron chi connectivity index (χ3n) is 3.85. The van der Waals surface area contributed by atoms with Crippen molar-refractivity contribution in [1.29, 1.82) is 0 Å². The summed E-state index contributed by atoms with van der Waals surface area (Å²) >= 11 is 0. The molecule has 1 aliphatic carbocycles. The van der Waals surface area contributed by atoms with E-state index in [-0.39, 0.29) is 11.8 Å². The van der Waals surface area contributed by atoms with Crippen molar-refractivity contribution in [1.82, 2.24) is 4.98 Å². The van der Waals surface area contributed by atoms with E-state index in [0.29, 0.717) is 5.82 Å². The monoisotopic (exact) mass is 275 g/mol. The van der Waals surface area contributed by atoms with Crippen LogP contribution in [0, 0.1) is 5.92 Å². The fourth-order valence-electron chi connectivity index (χ4n) is 2.57. The lowest BCUT2D eigenvalue weighted by Crippen LogP contribution is -2.25. The summed E-state index contributed by atoms with van der Waals surface area (Å²) in [7, 11) is 0. The van der Waals surface area contributed by atoms with Gasteiger partial charge in [0.1, 0.15) is 5.82 Å². The highest BCUT2D eigenvalue weighted by Crippen LogP contribution is 2.24. The zero-order valence-electron chi connectivity index (χ0n) is 12.3. The lowest BCUT2D eigenvalue weighted by atomic mass is 9.89. The molecule has 0 atom stereocenters. The van der Waals surface area contributed by atoms with E-state index < -0.39 is 0 Å². The molecule has 0 spiro atoms. The number of rotatable bonds is 6. The second kappa shape index (κ2) is 7.88. The van der Waals surface area contributed by atoms with Crippen LogP contribution in [0.1, 0.15) is 51.9 Å². The number of pyridine rings is 1. The van der Waals surface area contributed by atoms with Gasteiger partial charge in [-0.3, -0.25) is 4.79 Å². The van der Waals surface area contributed by atoms with Gasteiger partial charge in [0.2, 0.25) is 5.91 Å². The van der Waals surface area contributed by atoms with Crippen LogP contribution in [0.25, 0.3) is 0 Å². The Morgan fingerprint density at radius 3 is 2.75 bits per heavy atom. The first-order chi connectivity index (χ1) is 9.79. The van der Waals surface area contributed by atoms with Crippen molar-refractivity contribution in [3.63, 3.8) is 0 Å². The molecule has 0 aliphatic heterocycles. The Bertz CT molecular complexity index is 410. The minimum Gasteiger partial charge on any atom is -0.384 e. The molecule has 1 saturated carbocycles. The average molecular weight is 275 g/mol. The van der Waals surface area contributed by atoms with Crippen LogP contribution < -0.4 is 10.6 Å². The topological polar surface area (TPSA) is 54.0 Å². The normalized spacial score (nSPS) is 15.8. The van der Waals surface area contributed by atoms with Crippen LogP contribution in [-0.2, 0) is 4.79 Å². The second-order valence-corrected chi connectivity index (χ2v) is 5.54. The molecule has 1 fully saturated rings. The highest BCUT2D eigenvalue weighted by Gasteiger charge is 2.21. The predicted octanol–water partition coefficient (Wildman–Crippen LogP) is 3.81. The minimum atomic E-state index is 0.129. The van der Waals surface area contributed by atoms with E-state index in [1.165, 1.54) is 25.7 Å². The first-order valence-corrected chi connectivity index (χ1v) is 7.80. The first kappa shape index (κ1) is 14.8. The van der Waals surface area contributed by atoms with E-state index in [1.54, 1.807) is 6.20 Å². The van der Waals surface area contributed by atoms with Gasteiger partial charge in [0.25, 0.3) is 0 Å². The molecule has 0 aromatic carbocycles. The molecule has 1 heterocycles. The van der Waals surface area contributed by atoms with E-state index in [2.05, 4.69) is 22.5 Å². The Kier molecular flexibility index (Phi) is 5.84. The number of carbonyl (C=O) groups is 1. The summed E-state index contributed by atoms with van der Waals surface area (Å²) in [6.45, 7) is 3.13. The molecular formula is C16H25N3O. The van der Waals surface area contributed by atoms with Crippen LogP contribution in [-0.4, -0.2) is 17.4 Å². The molecule has 1 aromatic heterocycles. The van der Waals surface area contributed by atoms with E-state index in [1.807, 2.05) is 12.1 Å². The number of carbonyl (C=O) groups excluding carboxylic acids is 1. The standard InChI is InChI=1S/C16H25N3O/c1-2-3-11-17-14-9-10-15(18-12-14)19-16(20)13-7-5-4-6-8-13/h9-10,12-13,17H,2-8,11H2,1H3,(H,18,19,20). The van der Waals surface area contributed by atoms with E-state index >= 15 is 0 Å². The molecule has 110 valence electrons. The van der Waals surface area contributed by atoms with Crippen molar-refractivity contribution in [3.05, 3.63) is 18.3 Å². The molecule has 1 amide bonds. The van der Waals surface area contributed by atoms with Crippen molar-refractivity contribution >= 4 is 17.4 Å². The zero-order chi connectivity index (χ0) is 14.2. The number of hydrogen-bond acceptors (Lipinski definition) is 3. The fraction of sp³-hybridized carbons (Fsp3) is 0.625. The van der Waals surface area contributed by atoms with Crippen LogP contribution in [0.15, 0.2) is 18.3 Å². The molecule has 4 heteroatoms. The molecule has 20 heavy (non-hydrogen) atoms. The lowest BCUT2D eigenvalue weighted by molar-refractivity contribution is -0.120. The van der Waals surface area contributed by atoms with Crippen LogP contribution >= 0.6 is 0 Å². The number of hydrogen-bond donors (Lipinski definition) is 2. The predicted molar refractivity (Wildman–Crippen MR) is 82.8 cm³/mol. The van der Waals surface area contributed by atoms with E-state index in [0.717, 1.165) is 31.5 Å². The summed E-state index contributed by atoms with van der Waals surface area (Å²) in [4.78, 5) is 16.4. The molecule has 0 radical (unpaired) electrons. The largest absolute Gasteiger partial charge is 0.384 e. The smallest absolute Gasteiger partial charge is 0.228 e. The third-order valence-corrected chi connectivity index (χ3v) is 3.85. The highest BCUT2D eigenvalue weighted by atomic mass is 16.1. The molecule has 0 saturated heterocycles. The molecule has 1 aromatic rings. The maximum Gasteiger partial charge on any atom is 0.228 e. The van der Waals surface area contributed by atoms with Gasteiger partial charge in [-0.2, -0.15) is 0 Å². The molecule has 0 unspecified atom stereocenters. The molecule has 4 nitrogen and oxygen atoms in total. The number of amides is 1. The van der Waals surface area contributed by atoms with Gasteiger partial charge >= 0.3 is 0 Å². The zero-order valence-corrected chi connectivity index (χ0v) is 12.3. The number of nitrogens with zero attached hydrogens (tertiary/aromatic N) is 1. The summed E-state index contributed by atoms with van der Waals surface area (Å²) in [6.07, 6.45) is 9.75. The fourth-order valence-corrected chi connectivity index (χ4v) is 2.57. The Morgan fingerprint density at radius 2 is 2.10 bits per heavy atom. The summed E-state index contributed by atoms with van der Waals surface area (Å²) in [5, 5.41) is 6.24. The van der Waals surface area contributed by atoms with Gasteiger partial charge < -0.3 is 10.6 Å². The van der Waals surface area contributed by atoms with Gasteiger partial charge in [-0.05, 0) is 31.4 Å². The molecule has 2 rings (SSSR count). The maximum absolute atomic E-state index is 12.1. The third kappa shape index (κ3) is 4.51. The quantitative estimate of drug-likeness (QED) is 0.776. The number of aromatic nitrogens is 1. The van der Waals surface area contributed by atoms with Gasteiger partial charge in [-0.1, -0.05) is 32.6 Å². The minimum absolute atomic E-state index is 0.129. The molecule has 2 N–H and O–H groups in total. The summed E-state index contributed by atoms with van der Waals surface area (Å²) < 4.78 is 0. The Labute approximate surface area is 121 Å². The van der Waals surface area contributed by atoms with E-state index in [9.17, 15) is 4.79 Å². The van der Waals surface area contributed by atoms with Crippen LogP contribution in [0.2, 0.25) is 0 Å². The van der Waals surface area contributed by atoms with Crippen LogP contribution in [0.3, 0.4) is 0 Å². The van der Waals surface area contributed by atoms with Crippen molar-refractivity contribution in [2.75, 3.05) is 17.2 Å². The van der Waals surface area contributed by atoms with Crippen molar-refractivity contribution in [2.24, 2.45) is 5.92 Å². The number of anilines is 2. The summed E-state index contributed by atoms with van der Waals surface area (Å²) in [5.74, 6) is 0.957. The Hall–Kier alpha value is -1.58. The van der Waals surface area contributed by atoms with Gasteiger partial charge in [0, 0.05) is 12.5 Å². The van der Waals surface area contributed by atoms with Gasteiger partial charge in [0.15, 0.2) is 0 Å². The summed E-state index contributed by atoms with van der Waals surface area (Å²) in [5.41, 5.74) is 1.01. The molecular weight excluding hydrogens is 250 g/mol. The van der Waals surface area contributed by atoms with Crippen molar-refractivity contribution < 1.29 is 4.79 Å². The lowest BCUT2D eigenvalue weighted by Gasteiger charge is -2.20. The van der Waals surface area contributed by atoms with Gasteiger partial charge in [-0.25, -0.2) is 4.98 Å². The van der Waals surface area contributed by atoms with Crippen molar-refractivity contribution in [3.8, 4) is 0 Å². The second-order valence-electron chi connectivity index (χ2n) is 5.54. The average Bonchev–Trinajstić information content (AvgIpc) is 2.50. The van der Waals surface area contributed by atoms with Crippen LogP contribution in [0.5, 0.6) is 0 Å². The maximum atomic E-state index is 12.1. The number of nitrogens with one attached hydrogen (secondary N) is 2. The number of unbranched alkanes of at least 4 members (excludes halogenated alkanes) is 1. The Morgan fingerprint density at radius 1 is 1.30 bits per heavy atom. The Balaban J connectivity index is 1.81.